The number of carbonyl (C=O) groups is 2. The van der Waals surface area contributed by atoms with Crippen LogP contribution in [0.15, 0.2) is 4.79 Å². The second-order valence-corrected chi connectivity index (χ2v) is 9.02. The number of H-pyrrole nitrogens is 1. The highest BCUT2D eigenvalue weighted by Gasteiger charge is 2.51. The fourth-order valence-electron chi connectivity index (χ4n) is 5.97. The Morgan fingerprint density at radius 2 is 1.87 bits per heavy atom. The average molecular weight is 436 g/mol. The van der Waals surface area contributed by atoms with Gasteiger partial charge in [-0.2, -0.15) is 0 Å². The highest BCUT2D eigenvalue weighted by molar-refractivity contribution is 5.89. The van der Waals surface area contributed by atoms with Crippen LogP contribution in [0.2, 0.25) is 0 Å². The molecule has 3 fully saturated rings. The standard InChI is InChI=1S/C21H29N5O3.ClH/c1-12-23-16-6-8-25(7-5-15(16)20(28)24-12)21(29)19-14-9-13(10-22-11-14)17-3-2-4-18(27)26(17)19;/h13-14,17,19,22H,2-11H2,1H3,(H,23,24,28);1H/t13-,14+,17+,19-;/m1./s1. The molecule has 0 unspecified atom stereocenters. The van der Waals surface area contributed by atoms with Gasteiger partial charge >= 0.3 is 0 Å². The van der Waals surface area contributed by atoms with Crippen molar-refractivity contribution in [3.8, 4) is 0 Å². The van der Waals surface area contributed by atoms with E-state index >= 15 is 0 Å². The normalized spacial score (nSPS) is 30.6. The zero-order chi connectivity index (χ0) is 20.1. The third kappa shape index (κ3) is 3.54. The summed E-state index contributed by atoms with van der Waals surface area (Å²) < 4.78 is 0. The van der Waals surface area contributed by atoms with Crippen molar-refractivity contribution in [2.75, 3.05) is 26.2 Å². The Kier molecular flexibility index (Phi) is 5.90. The molecule has 1 aromatic rings. The van der Waals surface area contributed by atoms with Gasteiger partial charge < -0.3 is 20.1 Å². The first-order valence-electron chi connectivity index (χ1n) is 10.9. The molecule has 5 rings (SSSR count). The van der Waals surface area contributed by atoms with E-state index < -0.39 is 0 Å². The number of aromatic nitrogens is 2. The molecule has 4 atom stereocenters. The summed E-state index contributed by atoms with van der Waals surface area (Å²) in [6.07, 6.45) is 4.60. The maximum Gasteiger partial charge on any atom is 0.254 e. The lowest BCUT2D eigenvalue weighted by molar-refractivity contribution is -0.161. The second kappa shape index (κ2) is 8.30. The molecule has 5 heterocycles. The Balaban J connectivity index is 0.00000218. The Hall–Kier alpha value is -1.93. The Morgan fingerprint density at radius 3 is 2.70 bits per heavy atom. The van der Waals surface area contributed by atoms with Gasteiger partial charge in [0.15, 0.2) is 0 Å². The number of halogens is 1. The molecule has 0 radical (unpaired) electrons. The van der Waals surface area contributed by atoms with Crippen LogP contribution < -0.4 is 10.9 Å². The van der Waals surface area contributed by atoms with Gasteiger partial charge in [0.05, 0.1) is 5.69 Å². The number of amides is 2. The molecule has 0 saturated carbocycles. The minimum atomic E-state index is -0.369. The van der Waals surface area contributed by atoms with E-state index in [2.05, 4.69) is 15.3 Å². The van der Waals surface area contributed by atoms with Crippen molar-refractivity contribution in [1.29, 1.82) is 0 Å². The Bertz CT molecular complexity index is 903. The summed E-state index contributed by atoms with van der Waals surface area (Å²) >= 11 is 0. The number of hydrogen-bond acceptors (Lipinski definition) is 5. The van der Waals surface area contributed by atoms with Gasteiger partial charge in [0.25, 0.3) is 5.56 Å². The van der Waals surface area contributed by atoms with Crippen LogP contribution >= 0.6 is 12.4 Å². The molecular weight excluding hydrogens is 406 g/mol. The third-order valence-electron chi connectivity index (χ3n) is 7.28. The molecular formula is C21H30ClN5O3. The first kappa shape index (κ1) is 21.3. The molecule has 8 nitrogen and oxygen atoms in total. The Labute approximate surface area is 182 Å². The van der Waals surface area contributed by atoms with Crippen molar-refractivity contribution in [2.24, 2.45) is 11.8 Å². The second-order valence-electron chi connectivity index (χ2n) is 9.02. The van der Waals surface area contributed by atoms with E-state index in [0.29, 0.717) is 49.7 Å². The highest BCUT2D eigenvalue weighted by Crippen LogP contribution is 2.40. The minimum Gasteiger partial charge on any atom is -0.340 e. The quantitative estimate of drug-likeness (QED) is 0.666. The predicted molar refractivity (Wildman–Crippen MR) is 114 cm³/mol. The molecule has 9 heteroatoms. The molecule has 30 heavy (non-hydrogen) atoms. The van der Waals surface area contributed by atoms with Gasteiger partial charge in [-0.05, 0) is 45.1 Å². The largest absolute Gasteiger partial charge is 0.340 e. The Morgan fingerprint density at radius 1 is 1.10 bits per heavy atom. The maximum atomic E-state index is 13.7. The van der Waals surface area contributed by atoms with Gasteiger partial charge in [-0.15, -0.1) is 12.4 Å². The number of carbonyl (C=O) groups excluding carboxylic acids is 2. The monoisotopic (exact) mass is 435 g/mol. The first-order valence-corrected chi connectivity index (χ1v) is 10.9. The third-order valence-corrected chi connectivity index (χ3v) is 7.28. The molecule has 2 amide bonds. The van der Waals surface area contributed by atoms with Crippen LogP contribution in [0, 0.1) is 18.8 Å². The predicted octanol–water partition coefficient (Wildman–Crippen LogP) is 0.416. The molecule has 1 aromatic heterocycles. The summed E-state index contributed by atoms with van der Waals surface area (Å²) in [6.45, 7) is 4.57. The number of aromatic amines is 1. The van der Waals surface area contributed by atoms with E-state index in [1.165, 1.54) is 0 Å². The van der Waals surface area contributed by atoms with Gasteiger partial charge in [0.1, 0.15) is 11.9 Å². The number of aryl methyl sites for hydroxylation is 1. The number of nitrogens with one attached hydrogen (secondary N) is 2. The van der Waals surface area contributed by atoms with Crippen LogP contribution in [0.5, 0.6) is 0 Å². The number of rotatable bonds is 1. The van der Waals surface area contributed by atoms with Crippen LogP contribution in [0.4, 0.5) is 0 Å². The number of nitrogens with zero attached hydrogens (tertiary/aromatic N) is 3. The summed E-state index contributed by atoms with van der Waals surface area (Å²) in [7, 11) is 0. The molecule has 2 N–H and O–H groups in total. The average Bonchev–Trinajstić information content (AvgIpc) is 2.92. The van der Waals surface area contributed by atoms with E-state index in [9.17, 15) is 14.4 Å². The summed E-state index contributed by atoms with van der Waals surface area (Å²) in [4.78, 5) is 50.0. The van der Waals surface area contributed by atoms with Crippen molar-refractivity contribution in [2.45, 2.75) is 57.5 Å². The van der Waals surface area contributed by atoms with E-state index in [-0.39, 0.29) is 47.8 Å². The van der Waals surface area contributed by atoms with Gasteiger partial charge in [-0.1, -0.05) is 0 Å². The van der Waals surface area contributed by atoms with Crippen molar-refractivity contribution in [1.82, 2.24) is 25.1 Å². The van der Waals surface area contributed by atoms with E-state index in [4.69, 9.17) is 0 Å². The molecule has 164 valence electrons. The van der Waals surface area contributed by atoms with Crippen LogP contribution in [0.25, 0.3) is 0 Å². The van der Waals surface area contributed by atoms with Crippen LogP contribution in [-0.4, -0.2) is 69.8 Å². The number of piperidine rings is 3. The van der Waals surface area contributed by atoms with Gasteiger partial charge in [0.2, 0.25) is 11.8 Å². The van der Waals surface area contributed by atoms with E-state index in [0.717, 1.165) is 38.0 Å². The summed E-state index contributed by atoms with van der Waals surface area (Å²) in [6, 6.07) is -0.184. The fourth-order valence-corrected chi connectivity index (χ4v) is 5.97. The van der Waals surface area contributed by atoms with Gasteiger partial charge in [-0.3, -0.25) is 14.4 Å². The fraction of sp³-hybridized carbons (Fsp3) is 0.714. The van der Waals surface area contributed by atoms with E-state index in [1.807, 2.05) is 9.80 Å². The lowest BCUT2D eigenvalue weighted by atomic mass is 9.72. The molecule has 0 spiro atoms. The summed E-state index contributed by atoms with van der Waals surface area (Å²) in [5, 5.41) is 3.50. The van der Waals surface area contributed by atoms with Gasteiger partial charge in [-0.25, -0.2) is 4.98 Å². The SMILES string of the molecule is Cc1nc2c(c(=O)[nH]1)CCN(C(=O)[C@H]1[C@@H]3CNC[C@@H](C3)[C@@H]3CCCC(=O)N31)CC2.Cl. The van der Waals surface area contributed by atoms with Crippen LogP contribution in [0.3, 0.4) is 0 Å². The molecule has 0 aromatic carbocycles. The zero-order valence-electron chi connectivity index (χ0n) is 17.4. The molecule has 2 bridgehead atoms. The molecule has 3 saturated heterocycles. The smallest absolute Gasteiger partial charge is 0.254 e. The van der Waals surface area contributed by atoms with Crippen molar-refractivity contribution < 1.29 is 9.59 Å². The maximum absolute atomic E-state index is 13.7. The lowest BCUT2D eigenvalue weighted by Gasteiger charge is -2.54. The van der Waals surface area contributed by atoms with Crippen LogP contribution in [-0.2, 0) is 22.4 Å². The highest BCUT2D eigenvalue weighted by atomic mass is 35.5. The van der Waals surface area contributed by atoms with Gasteiger partial charge in [0, 0.05) is 50.0 Å². The molecule has 4 aliphatic rings. The van der Waals surface area contributed by atoms with Crippen molar-refractivity contribution in [3.63, 3.8) is 0 Å². The van der Waals surface area contributed by atoms with Crippen molar-refractivity contribution in [3.05, 3.63) is 27.4 Å². The summed E-state index contributed by atoms with van der Waals surface area (Å²) in [5.74, 6) is 1.44. The first-order chi connectivity index (χ1) is 14.0. The van der Waals surface area contributed by atoms with Crippen molar-refractivity contribution >= 4 is 24.2 Å². The minimum absolute atomic E-state index is 0. The number of fused-ring (bicyclic) bond motifs is 5. The van der Waals surface area contributed by atoms with Crippen LogP contribution in [0.1, 0.15) is 42.8 Å². The molecule has 4 aliphatic heterocycles. The number of hydrogen-bond donors (Lipinski definition) is 2. The van der Waals surface area contributed by atoms with E-state index in [1.54, 1.807) is 6.92 Å². The summed E-state index contributed by atoms with van der Waals surface area (Å²) in [5.41, 5.74) is 1.41. The lowest BCUT2D eigenvalue weighted by Crippen LogP contribution is -2.68. The zero-order valence-corrected chi connectivity index (χ0v) is 18.2. The molecule has 0 aliphatic carbocycles. The topological polar surface area (TPSA) is 98.4 Å².